The van der Waals surface area contributed by atoms with Crippen LogP contribution in [0.1, 0.15) is 45.1 Å². The van der Waals surface area contributed by atoms with E-state index in [0.717, 1.165) is 37.2 Å². The van der Waals surface area contributed by atoms with Gasteiger partial charge in [-0.25, -0.2) is 9.98 Å². The van der Waals surface area contributed by atoms with Crippen LogP contribution in [0.15, 0.2) is 23.3 Å². The second-order valence-corrected chi connectivity index (χ2v) is 7.06. The van der Waals surface area contributed by atoms with Crippen LogP contribution in [-0.2, 0) is 11.3 Å². The summed E-state index contributed by atoms with van der Waals surface area (Å²) in [6.07, 6.45) is 7.09. The Kier molecular flexibility index (Phi) is 14.0. The molecule has 0 aromatic carbocycles. The molecule has 0 amide bonds. The first kappa shape index (κ1) is 25.9. The Morgan fingerprint density at radius 3 is 2.79 bits per heavy atom. The molecule has 166 valence electrons. The lowest BCUT2D eigenvalue weighted by Gasteiger charge is -2.35. The van der Waals surface area contributed by atoms with Gasteiger partial charge in [-0.1, -0.05) is 19.4 Å². The van der Waals surface area contributed by atoms with Crippen LogP contribution in [0.4, 0.5) is 0 Å². The van der Waals surface area contributed by atoms with Crippen molar-refractivity contribution >= 4 is 29.9 Å². The molecule has 0 bridgehead atoms. The van der Waals surface area contributed by atoms with Crippen LogP contribution in [0.5, 0.6) is 5.88 Å². The zero-order chi connectivity index (χ0) is 20.0. The van der Waals surface area contributed by atoms with Crippen LogP contribution in [0.3, 0.4) is 0 Å². The van der Waals surface area contributed by atoms with Gasteiger partial charge in [0, 0.05) is 45.0 Å². The van der Waals surface area contributed by atoms with E-state index in [4.69, 9.17) is 9.47 Å². The maximum absolute atomic E-state index is 5.49. The number of piperidine rings is 1. The minimum atomic E-state index is 0. The molecule has 0 aliphatic carbocycles. The molecule has 1 aliphatic rings. The van der Waals surface area contributed by atoms with Crippen molar-refractivity contribution in [3.8, 4) is 5.88 Å². The van der Waals surface area contributed by atoms with Gasteiger partial charge in [0.05, 0.1) is 13.2 Å². The summed E-state index contributed by atoms with van der Waals surface area (Å²) >= 11 is 0. The fourth-order valence-electron chi connectivity index (χ4n) is 3.47. The SMILES string of the molecule is CCNC(=NCc1ccc(OCCOC)nc1)NCCN1CCCCC1CC.I. The summed E-state index contributed by atoms with van der Waals surface area (Å²) < 4.78 is 10.5. The number of ether oxygens (including phenoxy) is 2. The highest BCUT2D eigenvalue weighted by Crippen LogP contribution is 2.18. The Labute approximate surface area is 193 Å². The monoisotopic (exact) mass is 519 g/mol. The average molecular weight is 519 g/mol. The summed E-state index contributed by atoms with van der Waals surface area (Å²) in [5.41, 5.74) is 1.05. The van der Waals surface area contributed by atoms with E-state index < -0.39 is 0 Å². The number of hydrogen-bond donors (Lipinski definition) is 2. The number of rotatable bonds is 11. The minimum Gasteiger partial charge on any atom is -0.475 e. The van der Waals surface area contributed by atoms with Gasteiger partial charge in [0.25, 0.3) is 0 Å². The fraction of sp³-hybridized carbons (Fsp3) is 0.714. The third-order valence-corrected chi connectivity index (χ3v) is 5.01. The highest BCUT2D eigenvalue weighted by atomic mass is 127. The van der Waals surface area contributed by atoms with E-state index in [1.807, 2.05) is 18.3 Å². The standard InChI is InChI=1S/C21H37N5O2.HI/c1-4-19-8-6-7-12-26(19)13-11-23-21(22-5-2)25-17-18-9-10-20(24-16-18)28-15-14-27-3;/h9-10,16,19H,4-8,11-15,17H2,1-3H3,(H2,22,23,25);1H. The average Bonchev–Trinajstić information content (AvgIpc) is 2.73. The summed E-state index contributed by atoms with van der Waals surface area (Å²) in [5, 5.41) is 6.79. The maximum atomic E-state index is 5.49. The van der Waals surface area contributed by atoms with E-state index in [9.17, 15) is 0 Å². The van der Waals surface area contributed by atoms with E-state index >= 15 is 0 Å². The molecule has 2 N–H and O–H groups in total. The molecular formula is C21H38IN5O2. The van der Waals surface area contributed by atoms with Gasteiger partial charge in [-0.15, -0.1) is 24.0 Å². The van der Waals surface area contributed by atoms with E-state index in [1.54, 1.807) is 7.11 Å². The first-order valence-electron chi connectivity index (χ1n) is 10.6. The van der Waals surface area contributed by atoms with Gasteiger partial charge in [-0.3, -0.25) is 4.90 Å². The molecule has 0 spiro atoms. The molecule has 0 radical (unpaired) electrons. The normalized spacial score (nSPS) is 17.5. The Bertz CT molecular complexity index is 571. The molecule has 1 aromatic rings. The van der Waals surface area contributed by atoms with E-state index in [1.165, 1.54) is 32.2 Å². The molecule has 1 aromatic heterocycles. The Morgan fingerprint density at radius 1 is 1.24 bits per heavy atom. The highest BCUT2D eigenvalue weighted by molar-refractivity contribution is 14.0. The molecule has 1 aliphatic heterocycles. The van der Waals surface area contributed by atoms with Crippen LogP contribution in [0, 0.1) is 0 Å². The van der Waals surface area contributed by atoms with Gasteiger partial charge in [0.15, 0.2) is 5.96 Å². The number of guanidine groups is 1. The third kappa shape index (κ3) is 9.95. The Balaban J connectivity index is 0.00000420. The number of halogens is 1. The van der Waals surface area contributed by atoms with Crippen LogP contribution in [0.2, 0.25) is 0 Å². The second kappa shape index (κ2) is 15.7. The fourth-order valence-corrected chi connectivity index (χ4v) is 3.47. The highest BCUT2D eigenvalue weighted by Gasteiger charge is 2.19. The van der Waals surface area contributed by atoms with Crippen LogP contribution in [0.25, 0.3) is 0 Å². The first-order chi connectivity index (χ1) is 13.8. The van der Waals surface area contributed by atoms with Crippen LogP contribution >= 0.6 is 24.0 Å². The second-order valence-electron chi connectivity index (χ2n) is 7.06. The molecule has 2 rings (SSSR count). The summed E-state index contributed by atoms with van der Waals surface area (Å²) in [6, 6.07) is 4.62. The lowest BCUT2D eigenvalue weighted by Crippen LogP contribution is -2.45. The van der Waals surface area contributed by atoms with Crippen LogP contribution in [-0.4, -0.2) is 68.4 Å². The molecule has 0 saturated carbocycles. The van der Waals surface area contributed by atoms with Gasteiger partial charge >= 0.3 is 0 Å². The topological polar surface area (TPSA) is 71.0 Å². The number of hydrogen-bond acceptors (Lipinski definition) is 5. The number of pyridine rings is 1. The molecular weight excluding hydrogens is 481 g/mol. The Morgan fingerprint density at radius 2 is 2.10 bits per heavy atom. The number of likely N-dealkylation sites (tertiary alicyclic amines) is 1. The third-order valence-electron chi connectivity index (χ3n) is 5.01. The first-order valence-corrected chi connectivity index (χ1v) is 10.6. The predicted molar refractivity (Wildman–Crippen MR) is 129 cm³/mol. The van der Waals surface area contributed by atoms with Crippen molar-refractivity contribution in [2.75, 3.05) is 46.5 Å². The molecule has 2 heterocycles. The van der Waals surface area contributed by atoms with Crippen molar-refractivity contribution < 1.29 is 9.47 Å². The molecule has 1 saturated heterocycles. The predicted octanol–water partition coefficient (Wildman–Crippen LogP) is 3.04. The van der Waals surface area contributed by atoms with Gasteiger partial charge in [0.1, 0.15) is 6.61 Å². The number of nitrogens with one attached hydrogen (secondary N) is 2. The van der Waals surface area contributed by atoms with Gasteiger partial charge in [-0.05, 0) is 38.3 Å². The summed E-state index contributed by atoms with van der Waals surface area (Å²) in [6.45, 7) is 10.1. The number of nitrogens with zero attached hydrogens (tertiary/aromatic N) is 3. The van der Waals surface area contributed by atoms with Crippen molar-refractivity contribution in [2.24, 2.45) is 4.99 Å². The lowest BCUT2D eigenvalue weighted by atomic mass is 10.0. The van der Waals surface area contributed by atoms with E-state index in [2.05, 4.69) is 39.4 Å². The zero-order valence-corrected chi connectivity index (χ0v) is 20.5. The summed E-state index contributed by atoms with van der Waals surface area (Å²) in [5.74, 6) is 1.47. The van der Waals surface area contributed by atoms with Crippen molar-refractivity contribution in [3.63, 3.8) is 0 Å². The summed E-state index contributed by atoms with van der Waals surface area (Å²) in [4.78, 5) is 11.6. The number of methoxy groups -OCH3 is 1. The van der Waals surface area contributed by atoms with Crippen molar-refractivity contribution in [3.05, 3.63) is 23.9 Å². The molecule has 29 heavy (non-hydrogen) atoms. The van der Waals surface area contributed by atoms with Gasteiger partial charge in [-0.2, -0.15) is 0 Å². The molecule has 8 heteroatoms. The minimum absolute atomic E-state index is 0. The van der Waals surface area contributed by atoms with Gasteiger partial charge < -0.3 is 20.1 Å². The van der Waals surface area contributed by atoms with Crippen molar-refractivity contribution in [1.29, 1.82) is 0 Å². The molecule has 1 atom stereocenters. The number of aliphatic imine (C=N–C) groups is 1. The molecule has 1 fully saturated rings. The quantitative estimate of drug-likeness (QED) is 0.203. The van der Waals surface area contributed by atoms with Crippen LogP contribution < -0.4 is 15.4 Å². The van der Waals surface area contributed by atoms with E-state index in [0.29, 0.717) is 25.6 Å². The zero-order valence-electron chi connectivity index (χ0n) is 18.2. The Hall–Kier alpha value is -1.13. The summed E-state index contributed by atoms with van der Waals surface area (Å²) in [7, 11) is 1.66. The van der Waals surface area contributed by atoms with E-state index in [-0.39, 0.29) is 24.0 Å². The van der Waals surface area contributed by atoms with Crippen molar-refractivity contribution in [1.82, 2.24) is 20.5 Å². The smallest absolute Gasteiger partial charge is 0.213 e. The van der Waals surface area contributed by atoms with Crippen molar-refractivity contribution in [2.45, 2.75) is 52.1 Å². The molecule has 1 unspecified atom stereocenters. The largest absolute Gasteiger partial charge is 0.475 e. The number of aromatic nitrogens is 1. The maximum Gasteiger partial charge on any atom is 0.213 e. The van der Waals surface area contributed by atoms with Gasteiger partial charge in [0.2, 0.25) is 5.88 Å². The lowest BCUT2D eigenvalue weighted by molar-refractivity contribution is 0.143. The molecule has 7 nitrogen and oxygen atoms in total.